The number of aromatic nitrogens is 2. The van der Waals surface area contributed by atoms with Crippen molar-refractivity contribution in [3.63, 3.8) is 0 Å². The molecule has 0 aliphatic rings. The molecule has 2 amide bonds. The molecule has 0 aliphatic heterocycles. The van der Waals surface area contributed by atoms with Crippen LogP contribution in [0.4, 0.5) is 18.9 Å². The second-order valence-electron chi connectivity index (χ2n) is 6.88. The molecule has 0 aliphatic carbocycles. The average Bonchev–Trinajstić information content (AvgIpc) is 3.01. The third-order valence-corrected chi connectivity index (χ3v) is 5.21. The number of carbonyl (C=O) groups is 2. The molecule has 0 bridgehead atoms. The van der Waals surface area contributed by atoms with Gasteiger partial charge in [-0.15, -0.1) is 0 Å². The van der Waals surface area contributed by atoms with Crippen molar-refractivity contribution in [3.8, 4) is 5.69 Å². The van der Waals surface area contributed by atoms with E-state index in [1.54, 1.807) is 36.7 Å². The number of hydrogen-bond donors (Lipinski definition) is 2. The fourth-order valence-electron chi connectivity index (χ4n) is 3.04. The highest BCUT2D eigenvalue weighted by atomic mass is 35.5. The standard InChI is InChI=1S/C21H17Cl2F3N4O2/c1-10-13(11(2)30(29-10)17-6-3-12(22)7-14(17)23)8-18(31)27-9-19(32)28-16-5-4-15(24)20(25)21(16)26/h3-7H,8-9H2,1-2H3,(H,27,31)(H,28,32). The van der Waals surface area contributed by atoms with Gasteiger partial charge in [0.15, 0.2) is 17.5 Å². The van der Waals surface area contributed by atoms with Gasteiger partial charge >= 0.3 is 0 Å². The van der Waals surface area contributed by atoms with Gasteiger partial charge < -0.3 is 10.6 Å². The van der Waals surface area contributed by atoms with Gasteiger partial charge in [-0.3, -0.25) is 9.59 Å². The minimum absolute atomic E-state index is 0.0737. The number of amides is 2. The van der Waals surface area contributed by atoms with Gasteiger partial charge in [-0.05, 0) is 44.2 Å². The normalized spacial score (nSPS) is 10.8. The average molecular weight is 485 g/mol. The fourth-order valence-corrected chi connectivity index (χ4v) is 3.53. The molecule has 3 rings (SSSR count). The van der Waals surface area contributed by atoms with Gasteiger partial charge in [0.1, 0.15) is 0 Å². The van der Waals surface area contributed by atoms with Crippen LogP contribution in [0.2, 0.25) is 10.0 Å². The molecular weight excluding hydrogens is 468 g/mol. The molecule has 0 atom stereocenters. The summed E-state index contributed by atoms with van der Waals surface area (Å²) in [5, 5.41) is 9.76. The maximum atomic E-state index is 13.6. The van der Waals surface area contributed by atoms with E-state index in [4.69, 9.17) is 23.2 Å². The first-order valence-electron chi connectivity index (χ1n) is 9.29. The maximum absolute atomic E-state index is 13.6. The Hall–Kier alpha value is -3.04. The van der Waals surface area contributed by atoms with Gasteiger partial charge in [0.25, 0.3) is 0 Å². The van der Waals surface area contributed by atoms with Crippen LogP contribution >= 0.6 is 23.2 Å². The Labute approximate surface area is 191 Å². The number of carbonyl (C=O) groups excluding carboxylic acids is 2. The third kappa shape index (κ3) is 5.05. The van der Waals surface area contributed by atoms with Gasteiger partial charge in [-0.1, -0.05) is 23.2 Å². The van der Waals surface area contributed by atoms with Crippen LogP contribution in [-0.4, -0.2) is 28.1 Å². The number of hydrogen-bond acceptors (Lipinski definition) is 3. The number of benzene rings is 2. The molecular formula is C21H17Cl2F3N4O2. The van der Waals surface area contributed by atoms with Crippen molar-refractivity contribution in [1.82, 2.24) is 15.1 Å². The molecule has 1 aromatic heterocycles. The van der Waals surface area contributed by atoms with E-state index in [9.17, 15) is 22.8 Å². The summed E-state index contributed by atoms with van der Waals surface area (Å²) < 4.78 is 41.5. The summed E-state index contributed by atoms with van der Waals surface area (Å²) in [5.74, 6) is -5.89. The van der Waals surface area contributed by atoms with E-state index in [2.05, 4.69) is 15.7 Å². The summed E-state index contributed by atoms with van der Waals surface area (Å²) in [5.41, 5.74) is 1.97. The van der Waals surface area contributed by atoms with Crippen LogP contribution in [0, 0.1) is 31.3 Å². The first kappa shape index (κ1) is 23.6. The minimum Gasteiger partial charge on any atom is -0.347 e. The fraction of sp³-hybridized carbons (Fsp3) is 0.190. The number of nitrogens with zero attached hydrogens (tertiary/aromatic N) is 2. The monoisotopic (exact) mass is 484 g/mol. The van der Waals surface area contributed by atoms with Crippen LogP contribution in [0.1, 0.15) is 17.0 Å². The van der Waals surface area contributed by atoms with Gasteiger partial charge in [-0.25, -0.2) is 17.9 Å². The summed E-state index contributed by atoms with van der Waals surface area (Å²) in [6.45, 7) is 3.01. The van der Waals surface area contributed by atoms with Crippen LogP contribution in [0.25, 0.3) is 5.69 Å². The van der Waals surface area contributed by atoms with Crippen LogP contribution in [0.5, 0.6) is 0 Å². The lowest BCUT2D eigenvalue weighted by Crippen LogP contribution is -2.34. The number of anilines is 1. The van der Waals surface area contributed by atoms with E-state index in [0.717, 1.165) is 6.07 Å². The SMILES string of the molecule is Cc1nn(-c2ccc(Cl)cc2Cl)c(C)c1CC(=O)NCC(=O)Nc1ccc(F)c(F)c1F. The molecule has 0 radical (unpaired) electrons. The maximum Gasteiger partial charge on any atom is 0.243 e. The van der Waals surface area contributed by atoms with Gasteiger partial charge in [0.05, 0.1) is 35.1 Å². The number of halogens is 5. The van der Waals surface area contributed by atoms with E-state index in [0.29, 0.717) is 38.8 Å². The molecule has 11 heteroatoms. The van der Waals surface area contributed by atoms with Gasteiger partial charge in [-0.2, -0.15) is 5.10 Å². The Balaban J connectivity index is 1.65. The molecule has 6 nitrogen and oxygen atoms in total. The lowest BCUT2D eigenvalue weighted by Gasteiger charge is -2.09. The Morgan fingerprint density at radius 3 is 2.44 bits per heavy atom. The predicted octanol–water partition coefficient (Wildman–Crippen LogP) is 4.51. The molecule has 32 heavy (non-hydrogen) atoms. The molecule has 2 N–H and O–H groups in total. The van der Waals surface area contributed by atoms with Gasteiger partial charge in [0, 0.05) is 16.3 Å². The molecule has 0 saturated carbocycles. The van der Waals surface area contributed by atoms with Crippen molar-refractivity contribution < 1.29 is 22.8 Å². The Bertz CT molecular complexity index is 1210. The first-order valence-corrected chi connectivity index (χ1v) is 10.0. The summed E-state index contributed by atoms with van der Waals surface area (Å²) in [6, 6.07) is 6.52. The lowest BCUT2D eigenvalue weighted by atomic mass is 10.1. The highest BCUT2D eigenvalue weighted by Gasteiger charge is 2.19. The van der Waals surface area contributed by atoms with E-state index < -0.39 is 41.5 Å². The second kappa shape index (κ2) is 9.62. The Morgan fingerprint density at radius 2 is 1.75 bits per heavy atom. The predicted molar refractivity (Wildman–Crippen MR) is 115 cm³/mol. The Morgan fingerprint density at radius 1 is 1.03 bits per heavy atom. The first-order chi connectivity index (χ1) is 15.1. The minimum atomic E-state index is -1.70. The summed E-state index contributed by atoms with van der Waals surface area (Å²) in [7, 11) is 0. The largest absolute Gasteiger partial charge is 0.347 e. The molecule has 0 fully saturated rings. The number of aryl methyl sites for hydroxylation is 1. The smallest absolute Gasteiger partial charge is 0.243 e. The van der Waals surface area contributed by atoms with E-state index in [-0.39, 0.29) is 6.42 Å². The van der Waals surface area contributed by atoms with Gasteiger partial charge in [0.2, 0.25) is 11.8 Å². The Kier molecular flexibility index (Phi) is 7.10. The molecule has 0 spiro atoms. The summed E-state index contributed by atoms with van der Waals surface area (Å²) >= 11 is 12.2. The second-order valence-corrected chi connectivity index (χ2v) is 7.73. The van der Waals surface area contributed by atoms with Crippen molar-refractivity contribution in [2.45, 2.75) is 20.3 Å². The molecule has 2 aromatic carbocycles. The molecule has 0 unspecified atom stereocenters. The summed E-state index contributed by atoms with van der Waals surface area (Å²) in [6.07, 6.45) is -0.0737. The van der Waals surface area contributed by atoms with Crippen molar-refractivity contribution in [1.29, 1.82) is 0 Å². The zero-order chi connectivity index (χ0) is 23.6. The highest BCUT2D eigenvalue weighted by molar-refractivity contribution is 6.35. The van der Waals surface area contributed by atoms with E-state index in [1.807, 2.05) is 0 Å². The van der Waals surface area contributed by atoms with E-state index >= 15 is 0 Å². The van der Waals surface area contributed by atoms with Crippen molar-refractivity contribution in [3.05, 3.63) is 74.8 Å². The molecule has 1 heterocycles. The van der Waals surface area contributed by atoms with Crippen molar-refractivity contribution in [2.24, 2.45) is 0 Å². The molecule has 3 aromatic rings. The zero-order valence-corrected chi connectivity index (χ0v) is 18.4. The summed E-state index contributed by atoms with van der Waals surface area (Å²) in [4.78, 5) is 24.3. The molecule has 0 saturated heterocycles. The van der Waals surface area contributed by atoms with Crippen molar-refractivity contribution >= 4 is 40.7 Å². The van der Waals surface area contributed by atoms with E-state index in [1.165, 1.54) is 0 Å². The highest BCUT2D eigenvalue weighted by Crippen LogP contribution is 2.27. The molecule has 168 valence electrons. The van der Waals surface area contributed by atoms with Crippen molar-refractivity contribution in [2.75, 3.05) is 11.9 Å². The quantitative estimate of drug-likeness (QED) is 0.505. The van der Waals surface area contributed by atoms with Crippen LogP contribution in [0.3, 0.4) is 0 Å². The van der Waals surface area contributed by atoms with Crippen LogP contribution in [-0.2, 0) is 16.0 Å². The lowest BCUT2D eigenvalue weighted by molar-refractivity contribution is -0.123. The van der Waals surface area contributed by atoms with Crippen LogP contribution in [0.15, 0.2) is 30.3 Å². The number of nitrogens with one attached hydrogen (secondary N) is 2. The zero-order valence-electron chi connectivity index (χ0n) is 16.9. The third-order valence-electron chi connectivity index (χ3n) is 4.67. The topological polar surface area (TPSA) is 76.0 Å². The van der Waals surface area contributed by atoms with Crippen LogP contribution < -0.4 is 10.6 Å². The number of rotatable bonds is 6.